The summed E-state index contributed by atoms with van der Waals surface area (Å²) in [7, 11) is 0. The van der Waals surface area contributed by atoms with Crippen molar-refractivity contribution in [2.45, 2.75) is 52.2 Å². The minimum Gasteiger partial charge on any atom is -0.460 e. The van der Waals surface area contributed by atoms with Crippen molar-refractivity contribution in [2.24, 2.45) is 11.8 Å². The van der Waals surface area contributed by atoms with Crippen LogP contribution in [0.1, 0.15) is 40.5 Å². The van der Waals surface area contributed by atoms with Gasteiger partial charge in [-0.15, -0.1) is 0 Å². The molecule has 0 aromatic heterocycles. The van der Waals surface area contributed by atoms with E-state index in [1.807, 2.05) is 20.8 Å². The third-order valence-electron chi connectivity index (χ3n) is 3.11. The Kier molecular flexibility index (Phi) is 4.95. The summed E-state index contributed by atoms with van der Waals surface area (Å²) in [6.45, 7) is 8.64. The number of aliphatic hydroxyl groups is 1. The second-order valence-corrected chi connectivity index (χ2v) is 5.96. The van der Waals surface area contributed by atoms with Crippen molar-refractivity contribution in [1.29, 1.82) is 0 Å². The third kappa shape index (κ3) is 4.64. The number of nitrogens with one attached hydrogen (secondary N) is 1. The summed E-state index contributed by atoms with van der Waals surface area (Å²) >= 11 is 0. The Morgan fingerprint density at radius 1 is 1.47 bits per heavy atom. The van der Waals surface area contributed by atoms with Crippen LogP contribution in [0.15, 0.2) is 0 Å². The van der Waals surface area contributed by atoms with Crippen molar-refractivity contribution in [3.05, 3.63) is 0 Å². The van der Waals surface area contributed by atoms with Crippen molar-refractivity contribution in [2.75, 3.05) is 13.2 Å². The molecular weight excluding hydrogens is 218 g/mol. The average molecular weight is 243 g/mol. The Morgan fingerprint density at radius 3 is 2.65 bits per heavy atom. The van der Waals surface area contributed by atoms with E-state index in [-0.39, 0.29) is 24.4 Å². The quantitative estimate of drug-likeness (QED) is 0.734. The summed E-state index contributed by atoms with van der Waals surface area (Å²) in [6.07, 6.45) is 1.45. The number of hydrogen-bond donors (Lipinski definition) is 2. The van der Waals surface area contributed by atoms with Gasteiger partial charge in [-0.3, -0.25) is 4.79 Å². The van der Waals surface area contributed by atoms with Gasteiger partial charge in [-0.25, -0.2) is 0 Å². The lowest BCUT2D eigenvalue weighted by molar-refractivity contribution is -0.163. The van der Waals surface area contributed by atoms with Crippen molar-refractivity contribution in [1.82, 2.24) is 5.32 Å². The van der Waals surface area contributed by atoms with Crippen LogP contribution < -0.4 is 5.32 Å². The van der Waals surface area contributed by atoms with Crippen LogP contribution in [0.3, 0.4) is 0 Å². The zero-order chi connectivity index (χ0) is 13.1. The molecule has 0 aromatic rings. The molecule has 1 saturated heterocycles. The molecule has 1 aliphatic heterocycles. The Morgan fingerprint density at radius 2 is 2.12 bits per heavy atom. The smallest absolute Gasteiger partial charge is 0.309 e. The zero-order valence-corrected chi connectivity index (χ0v) is 11.3. The van der Waals surface area contributed by atoms with Gasteiger partial charge in [0.15, 0.2) is 0 Å². The number of hydrogen-bond acceptors (Lipinski definition) is 4. The lowest BCUT2D eigenvalue weighted by Gasteiger charge is -2.35. The van der Waals surface area contributed by atoms with Crippen LogP contribution in [0.4, 0.5) is 0 Å². The molecule has 0 saturated carbocycles. The normalized spacial score (nSPS) is 30.1. The molecule has 0 spiro atoms. The van der Waals surface area contributed by atoms with E-state index in [9.17, 15) is 4.79 Å². The standard InChI is InChI=1S/C13H25NO3/c1-9-7-11(10(5-6-15)8-14-9)12(16)17-13(2,3)4/h9-11,14-15H,5-8H2,1-4H3/t9-,10+,11-/m1/s1. The Bertz CT molecular complexity index is 260. The minimum atomic E-state index is -0.436. The molecule has 3 atom stereocenters. The molecule has 1 heterocycles. The fourth-order valence-corrected chi connectivity index (χ4v) is 2.29. The summed E-state index contributed by atoms with van der Waals surface area (Å²) in [6, 6.07) is 0.336. The van der Waals surface area contributed by atoms with E-state index in [4.69, 9.17) is 9.84 Å². The largest absolute Gasteiger partial charge is 0.460 e. The van der Waals surface area contributed by atoms with E-state index >= 15 is 0 Å². The highest BCUT2D eigenvalue weighted by atomic mass is 16.6. The second kappa shape index (κ2) is 5.83. The fourth-order valence-electron chi connectivity index (χ4n) is 2.29. The lowest BCUT2D eigenvalue weighted by Crippen LogP contribution is -2.47. The van der Waals surface area contributed by atoms with Gasteiger partial charge < -0.3 is 15.2 Å². The van der Waals surface area contributed by atoms with Crippen LogP contribution in [0.2, 0.25) is 0 Å². The molecule has 2 N–H and O–H groups in total. The van der Waals surface area contributed by atoms with Gasteiger partial charge in [0, 0.05) is 12.6 Å². The number of rotatable bonds is 3. The number of carbonyl (C=O) groups is 1. The monoisotopic (exact) mass is 243 g/mol. The van der Waals surface area contributed by atoms with Gasteiger partial charge in [-0.1, -0.05) is 0 Å². The molecule has 0 radical (unpaired) electrons. The minimum absolute atomic E-state index is 0.0855. The van der Waals surface area contributed by atoms with E-state index in [0.29, 0.717) is 12.5 Å². The summed E-state index contributed by atoms with van der Waals surface area (Å²) < 4.78 is 5.45. The number of esters is 1. The van der Waals surface area contributed by atoms with E-state index in [1.54, 1.807) is 0 Å². The molecular formula is C13H25NO3. The van der Waals surface area contributed by atoms with Gasteiger partial charge in [0.25, 0.3) is 0 Å². The van der Waals surface area contributed by atoms with Crippen LogP contribution >= 0.6 is 0 Å². The molecule has 1 rings (SSSR count). The molecule has 4 nitrogen and oxygen atoms in total. The van der Waals surface area contributed by atoms with Gasteiger partial charge in [-0.2, -0.15) is 0 Å². The number of piperidine rings is 1. The number of aliphatic hydroxyl groups excluding tert-OH is 1. The van der Waals surface area contributed by atoms with Crippen LogP contribution in [0, 0.1) is 11.8 Å². The maximum Gasteiger partial charge on any atom is 0.309 e. The first-order chi connectivity index (χ1) is 7.83. The van der Waals surface area contributed by atoms with Gasteiger partial charge in [0.1, 0.15) is 5.60 Å². The molecule has 0 unspecified atom stereocenters. The van der Waals surface area contributed by atoms with Crippen molar-refractivity contribution in [3.63, 3.8) is 0 Å². The summed E-state index contributed by atoms with van der Waals surface area (Å²) in [5.41, 5.74) is -0.436. The van der Waals surface area contributed by atoms with Crippen molar-refractivity contribution in [3.8, 4) is 0 Å². The van der Waals surface area contributed by atoms with E-state index < -0.39 is 5.60 Å². The molecule has 1 aliphatic rings. The maximum absolute atomic E-state index is 12.1. The number of ether oxygens (including phenoxy) is 1. The van der Waals surface area contributed by atoms with Crippen molar-refractivity contribution >= 4 is 5.97 Å². The Labute approximate surface area is 104 Å². The molecule has 0 aliphatic carbocycles. The molecule has 17 heavy (non-hydrogen) atoms. The van der Waals surface area contributed by atoms with E-state index in [1.165, 1.54) is 0 Å². The first kappa shape index (κ1) is 14.5. The molecule has 100 valence electrons. The summed E-state index contributed by atoms with van der Waals surface area (Å²) in [5.74, 6) is -0.0204. The predicted molar refractivity (Wildman–Crippen MR) is 66.6 cm³/mol. The van der Waals surface area contributed by atoms with Gasteiger partial charge in [0.05, 0.1) is 5.92 Å². The van der Waals surface area contributed by atoms with Crippen LogP contribution in [0.5, 0.6) is 0 Å². The summed E-state index contributed by atoms with van der Waals surface area (Å²) in [4.78, 5) is 12.1. The number of carbonyl (C=O) groups excluding carboxylic acids is 1. The second-order valence-electron chi connectivity index (χ2n) is 5.96. The first-order valence-corrected chi connectivity index (χ1v) is 6.40. The molecule has 0 aromatic carbocycles. The zero-order valence-electron chi connectivity index (χ0n) is 11.3. The Balaban J connectivity index is 2.65. The van der Waals surface area contributed by atoms with Crippen LogP contribution in [-0.2, 0) is 9.53 Å². The first-order valence-electron chi connectivity index (χ1n) is 6.40. The highest BCUT2D eigenvalue weighted by molar-refractivity contribution is 5.73. The predicted octanol–water partition coefficient (Wildman–Crippen LogP) is 1.32. The van der Waals surface area contributed by atoms with Gasteiger partial charge in [0.2, 0.25) is 0 Å². The summed E-state index contributed by atoms with van der Waals surface area (Å²) in [5, 5.41) is 12.4. The topological polar surface area (TPSA) is 58.6 Å². The highest BCUT2D eigenvalue weighted by Crippen LogP contribution is 2.27. The fraction of sp³-hybridized carbons (Fsp3) is 0.923. The van der Waals surface area contributed by atoms with E-state index in [0.717, 1.165) is 13.0 Å². The van der Waals surface area contributed by atoms with Gasteiger partial charge in [-0.05, 0) is 53.0 Å². The van der Waals surface area contributed by atoms with Crippen LogP contribution in [0.25, 0.3) is 0 Å². The molecule has 0 amide bonds. The molecule has 4 heteroatoms. The van der Waals surface area contributed by atoms with E-state index in [2.05, 4.69) is 12.2 Å². The Hall–Kier alpha value is -0.610. The average Bonchev–Trinajstić information content (AvgIpc) is 2.18. The maximum atomic E-state index is 12.1. The molecule has 0 bridgehead atoms. The third-order valence-corrected chi connectivity index (χ3v) is 3.11. The highest BCUT2D eigenvalue weighted by Gasteiger charge is 2.35. The van der Waals surface area contributed by atoms with Crippen LogP contribution in [-0.4, -0.2) is 35.9 Å². The SMILES string of the molecule is C[C@@H]1C[C@@H](C(=O)OC(C)(C)C)[C@@H](CCO)CN1. The van der Waals surface area contributed by atoms with Crippen molar-refractivity contribution < 1.29 is 14.6 Å². The lowest BCUT2D eigenvalue weighted by atomic mass is 9.81. The van der Waals surface area contributed by atoms with Gasteiger partial charge >= 0.3 is 5.97 Å². The molecule has 1 fully saturated rings.